The summed E-state index contributed by atoms with van der Waals surface area (Å²) in [6.45, 7) is 4.60. The summed E-state index contributed by atoms with van der Waals surface area (Å²) in [6, 6.07) is 1.47. The lowest BCUT2D eigenvalue weighted by Crippen LogP contribution is -2.42. The van der Waals surface area contributed by atoms with Crippen molar-refractivity contribution in [3.8, 4) is 6.07 Å². The van der Waals surface area contributed by atoms with E-state index >= 15 is 0 Å². The van der Waals surface area contributed by atoms with Gasteiger partial charge in [0.05, 0.1) is 35.0 Å². The number of carbonyl (C=O) groups excluding carboxylic acids is 2. The van der Waals surface area contributed by atoms with Crippen molar-refractivity contribution in [1.82, 2.24) is 9.47 Å². The van der Waals surface area contributed by atoms with Crippen LogP contribution < -0.4 is 10.5 Å². The van der Waals surface area contributed by atoms with E-state index in [0.717, 1.165) is 11.8 Å². The largest absolute Gasteiger partial charge is 0.466 e. The first-order valence-electron chi connectivity index (χ1n) is 12.0. The second kappa shape index (κ2) is 10.6. The Morgan fingerprint density at radius 3 is 2.68 bits per heavy atom. The van der Waals surface area contributed by atoms with Crippen LogP contribution in [0.4, 0.5) is 5.82 Å². The zero-order valence-corrected chi connectivity index (χ0v) is 23.3. The van der Waals surface area contributed by atoms with Crippen LogP contribution in [-0.4, -0.2) is 71.3 Å². The smallest absolute Gasteiger partial charge is 0.310 e. The average molecular weight is 565 g/mol. The van der Waals surface area contributed by atoms with Gasteiger partial charge >= 0.3 is 5.97 Å². The minimum Gasteiger partial charge on any atom is -0.466 e. The highest BCUT2D eigenvalue weighted by Crippen LogP contribution is 2.38. The van der Waals surface area contributed by atoms with Crippen molar-refractivity contribution in [2.45, 2.75) is 39.2 Å². The molecule has 3 saturated heterocycles. The molecule has 0 aliphatic carbocycles. The van der Waals surface area contributed by atoms with Crippen molar-refractivity contribution in [3.63, 3.8) is 0 Å². The molecule has 4 rings (SSSR count). The number of thiocarbonyl (C=S) groups is 1. The number of carbonyl (C=O) groups is 2. The van der Waals surface area contributed by atoms with E-state index in [9.17, 15) is 28.1 Å². The second-order valence-corrected chi connectivity index (χ2v) is 13.3. The first kappa shape index (κ1) is 27.3. The van der Waals surface area contributed by atoms with E-state index < -0.39 is 27.3 Å². The molecule has 0 radical (unpaired) electrons. The maximum atomic E-state index is 13.4. The number of aromatic nitrogens is 1. The van der Waals surface area contributed by atoms with Crippen LogP contribution in [0.15, 0.2) is 9.70 Å². The number of rotatable bonds is 5. The monoisotopic (exact) mass is 564 g/mol. The summed E-state index contributed by atoms with van der Waals surface area (Å²) >= 11 is 6.51. The van der Waals surface area contributed by atoms with Crippen molar-refractivity contribution < 1.29 is 22.7 Å². The molecular formula is C24H28N4O6S3. The molecular weight excluding hydrogens is 536 g/mol. The lowest BCUT2D eigenvalue weighted by Gasteiger charge is -2.35. The van der Waals surface area contributed by atoms with Crippen molar-refractivity contribution in [3.05, 3.63) is 31.9 Å². The lowest BCUT2D eigenvalue weighted by atomic mass is 9.96. The van der Waals surface area contributed by atoms with Gasteiger partial charge in [-0.05, 0) is 44.7 Å². The molecule has 1 aromatic rings. The highest BCUT2D eigenvalue weighted by Gasteiger charge is 2.42. The van der Waals surface area contributed by atoms with E-state index in [1.807, 2.05) is 11.0 Å². The molecule has 3 aliphatic heterocycles. The van der Waals surface area contributed by atoms with E-state index in [0.29, 0.717) is 54.2 Å². The summed E-state index contributed by atoms with van der Waals surface area (Å²) in [7, 11) is -1.65. The van der Waals surface area contributed by atoms with Crippen LogP contribution in [0, 0.1) is 24.2 Å². The highest BCUT2D eigenvalue weighted by molar-refractivity contribution is 8.26. The first-order valence-corrected chi connectivity index (χ1v) is 15.1. The number of hydrogen-bond donors (Lipinski definition) is 0. The Bertz CT molecular complexity index is 1410. The minimum absolute atomic E-state index is 0.0138. The van der Waals surface area contributed by atoms with Crippen LogP contribution in [-0.2, 0) is 31.2 Å². The third kappa shape index (κ3) is 5.19. The summed E-state index contributed by atoms with van der Waals surface area (Å²) in [5, 5.41) is 9.70. The number of pyridine rings is 1. The molecule has 1 aromatic heterocycles. The van der Waals surface area contributed by atoms with E-state index in [2.05, 4.69) is 0 Å². The third-order valence-electron chi connectivity index (χ3n) is 6.98. The third-order valence-corrected chi connectivity index (χ3v) is 10.1. The number of esters is 1. The lowest BCUT2D eigenvalue weighted by molar-refractivity contribution is -0.148. The molecule has 0 aromatic carbocycles. The van der Waals surface area contributed by atoms with Crippen LogP contribution in [0.25, 0.3) is 6.08 Å². The van der Waals surface area contributed by atoms with Gasteiger partial charge in [-0.2, -0.15) is 5.26 Å². The normalized spacial score (nSPS) is 24.5. The summed E-state index contributed by atoms with van der Waals surface area (Å²) in [4.78, 5) is 42.5. The Kier molecular flexibility index (Phi) is 7.83. The second-order valence-electron chi connectivity index (χ2n) is 9.36. The zero-order valence-electron chi connectivity index (χ0n) is 20.9. The van der Waals surface area contributed by atoms with Crippen molar-refractivity contribution >= 4 is 61.9 Å². The van der Waals surface area contributed by atoms with Gasteiger partial charge in [-0.15, -0.1) is 0 Å². The highest BCUT2D eigenvalue weighted by atomic mass is 32.2. The van der Waals surface area contributed by atoms with Gasteiger partial charge in [0.15, 0.2) is 9.84 Å². The van der Waals surface area contributed by atoms with E-state index in [-0.39, 0.29) is 39.9 Å². The molecule has 37 heavy (non-hydrogen) atoms. The fourth-order valence-corrected chi connectivity index (χ4v) is 8.20. The number of nitrogens with zero attached hydrogens (tertiary/aromatic N) is 4. The quantitative estimate of drug-likeness (QED) is 0.296. The molecule has 4 heterocycles. The molecule has 2 unspecified atom stereocenters. The molecule has 0 spiro atoms. The molecule has 10 nitrogen and oxygen atoms in total. The Morgan fingerprint density at radius 2 is 2.05 bits per heavy atom. The number of anilines is 1. The molecule has 3 aliphatic rings. The van der Waals surface area contributed by atoms with Gasteiger partial charge in [-0.1, -0.05) is 24.0 Å². The standard InChI is InChI=1S/C24H28N4O6S3/c1-4-34-23(31)15-6-5-8-27(12-15)20-17(14(2)18(11-25)21(29)26(20)3)10-19-22(30)28(24(35)36-19)16-7-9-37(32,33)13-16/h10,15-16H,4-9,12-13H2,1-3H3/b19-10-. The van der Waals surface area contributed by atoms with Gasteiger partial charge in [0.1, 0.15) is 21.8 Å². The Morgan fingerprint density at radius 1 is 1.32 bits per heavy atom. The van der Waals surface area contributed by atoms with Crippen molar-refractivity contribution in [2.24, 2.45) is 13.0 Å². The van der Waals surface area contributed by atoms with Gasteiger partial charge < -0.3 is 9.64 Å². The maximum absolute atomic E-state index is 13.4. The Hall–Kier alpha value is -2.69. The number of ether oxygens (including phenoxy) is 1. The van der Waals surface area contributed by atoms with E-state index in [1.165, 1.54) is 9.47 Å². The molecule has 2 atom stereocenters. The van der Waals surface area contributed by atoms with Gasteiger partial charge in [0, 0.05) is 25.7 Å². The van der Waals surface area contributed by atoms with Gasteiger partial charge in [0.2, 0.25) is 0 Å². The van der Waals surface area contributed by atoms with Gasteiger partial charge in [-0.3, -0.25) is 23.9 Å². The fraction of sp³-hybridized carbons (Fsp3) is 0.542. The summed E-state index contributed by atoms with van der Waals surface area (Å²) < 4.78 is 30.9. The molecule has 0 bridgehead atoms. The average Bonchev–Trinajstić information content (AvgIpc) is 3.34. The summed E-state index contributed by atoms with van der Waals surface area (Å²) in [6.07, 6.45) is 3.32. The van der Waals surface area contributed by atoms with Crippen molar-refractivity contribution in [2.75, 3.05) is 36.1 Å². The molecule has 3 fully saturated rings. The van der Waals surface area contributed by atoms with Gasteiger partial charge in [0.25, 0.3) is 11.5 Å². The summed E-state index contributed by atoms with van der Waals surface area (Å²) in [5.74, 6) is -0.660. The van der Waals surface area contributed by atoms with Crippen LogP contribution in [0.5, 0.6) is 0 Å². The number of nitriles is 1. The number of hydrogen-bond acceptors (Lipinski definition) is 10. The van der Waals surface area contributed by atoms with Crippen molar-refractivity contribution in [1.29, 1.82) is 5.26 Å². The summed E-state index contributed by atoms with van der Waals surface area (Å²) in [5.41, 5.74) is 0.443. The first-order chi connectivity index (χ1) is 17.5. The maximum Gasteiger partial charge on any atom is 0.310 e. The minimum atomic E-state index is -3.22. The van der Waals surface area contributed by atoms with Crippen LogP contribution in [0.3, 0.4) is 0 Å². The van der Waals surface area contributed by atoms with Crippen LogP contribution in [0.1, 0.15) is 42.9 Å². The Balaban J connectivity index is 1.78. The molecule has 1 amide bonds. The van der Waals surface area contributed by atoms with E-state index in [4.69, 9.17) is 17.0 Å². The predicted octanol–water partition coefficient (Wildman–Crippen LogP) is 1.73. The fourth-order valence-electron chi connectivity index (χ4n) is 5.12. The SMILES string of the molecule is CCOC(=O)C1CCCN(c2c(/C=C3\SC(=S)N(C4CCS(=O)(=O)C4)C3=O)c(C)c(C#N)c(=O)n2C)C1. The molecule has 0 N–H and O–H groups in total. The Labute approximate surface area is 225 Å². The zero-order chi connectivity index (χ0) is 27.1. The molecule has 0 saturated carbocycles. The number of thioether (sulfide) groups is 1. The van der Waals surface area contributed by atoms with Crippen LogP contribution in [0.2, 0.25) is 0 Å². The van der Waals surface area contributed by atoms with E-state index in [1.54, 1.807) is 27.0 Å². The number of amides is 1. The van der Waals surface area contributed by atoms with Crippen LogP contribution >= 0.6 is 24.0 Å². The van der Waals surface area contributed by atoms with Gasteiger partial charge in [-0.25, -0.2) is 8.42 Å². The molecule has 13 heteroatoms. The predicted molar refractivity (Wildman–Crippen MR) is 145 cm³/mol. The topological polar surface area (TPSA) is 130 Å². The number of sulfone groups is 1. The molecule has 198 valence electrons. The number of piperidine rings is 1.